The predicted octanol–water partition coefficient (Wildman–Crippen LogP) is 3.08. The van der Waals surface area contributed by atoms with Gasteiger partial charge in [-0.25, -0.2) is 4.98 Å². The molecule has 2 aromatic heterocycles. The van der Waals surface area contributed by atoms with Gasteiger partial charge in [-0.05, 0) is 6.07 Å². The first-order valence-electron chi connectivity index (χ1n) is 6.33. The van der Waals surface area contributed by atoms with Crippen LogP contribution in [0.25, 0.3) is 0 Å². The second kappa shape index (κ2) is 6.30. The molecule has 0 atom stereocenters. The summed E-state index contributed by atoms with van der Waals surface area (Å²) in [5.41, 5.74) is -0.227. The molecule has 0 aliphatic carbocycles. The molecular formula is C13H14F2N4O2S. The van der Waals surface area contributed by atoms with Gasteiger partial charge in [-0.2, -0.15) is 8.78 Å². The summed E-state index contributed by atoms with van der Waals surface area (Å²) in [6.45, 7) is 2.94. The summed E-state index contributed by atoms with van der Waals surface area (Å²) < 4.78 is 28.4. The summed E-state index contributed by atoms with van der Waals surface area (Å²) in [7, 11) is 0. The zero-order chi connectivity index (χ0) is 16.3. The number of carbonyl (C=O) groups is 1. The summed E-state index contributed by atoms with van der Waals surface area (Å²) in [5, 5.41) is 11.5. The van der Waals surface area contributed by atoms with Crippen molar-refractivity contribution in [3.05, 3.63) is 28.9 Å². The van der Waals surface area contributed by atoms with Gasteiger partial charge in [-0.1, -0.05) is 38.2 Å². The van der Waals surface area contributed by atoms with Crippen LogP contribution >= 0.6 is 11.3 Å². The van der Waals surface area contributed by atoms with Crippen molar-refractivity contribution < 1.29 is 18.3 Å². The molecule has 2 rings (SSSR count). The average molecular weight is 328 g/mol. The number of amides is 1. The minimum absolute atomic E-state index is 0.0503. The van der Waals surface area contributed by atoms with Crippen LogP contribution in [-0.2, 0) is 5.41 Å². The fourth-order valence-electron chi connectivity index (χ4n) is 1.44. The van der Waals surface area contributed by atoms with Crippen molar-refractivity contribution in [2.75, 3.05) is 5.32 Å². The first-order chi connectivity index (χ1) is 10.3. The highest BCUT2D eigenvalue weighted by atomic mass is 32.1. The minimum atomic E-state index is -3.00. The molecule has 9 heteroatoms. The van der Waals surface area contributed by atoms with Crippen LogP contribution < -0.4 is 10.1 Å². The Labute approximate surface area is 129 Å². The summed E-state index contributed by atoms with van der Waals surface area (Å²) in [5.74, 6) is -0.897. The lowest BCUT2D eigenvalue weighted by molar-refractivity contribution is -0.0529. The van der Waals surface area contributed by atoms with Crippen molar-refractivity contribution in [1.29, 1.82) is 0 Å². The van der Waals surface area contributed by atoms with Gasteiger partial charge in [0.15, 0.2) is 0 Å². The number of halogens is 2. The molecule has 0 aliphatic heterocycles. The highest BCUT2D eigenvalue weighted by Crippen LogP contribution is 2.27. The zero-order valence-electron chi connectivity index (χ0n) is 12.1. The molecule has 6 nitrogen and oxygen atoms in total. The number of nitrogens with one attached hydrogen (secondary N) is 1. The van der Waals surface area contributed by atoms with Gasteiger partial charge in [0.25, 0.3) is 5.91 Å². The second-order valence-corrected chi connectivity index (χ2v) is 6.33. The van der Waals surface area contributed by atoms with Crippen molar-refractivity contribution >= 4 is 22.4 Å². The first-order valence-corrected chi connectivity index (χ1v) is 7.14. The number of hydrogen-bond acceptors (Lipinski definition) is 6. The molecule has 0 radical (unpaired) electrons. The molecule has 0 saturated heterocycles. The Morgan fingerprint density at radius 2 is 2.05 bits per heavy atom. The number of pyridine rings is 1. The molecular weight excluding hydrogens is 314 g/mol. The molecule has 0 unspecified atom stereocenters. The summed E-state index contributed by atoms with van der Waals surface area (Å²) in [4.78, 5) is 15.7. The van der Waals surface area contributed by atoms with Crippen LogP contribution in [0.3, 0.4) is 0 Å². The van der Waals surface area contributed by atoms with Crippen LogP contribution in [-0.4, -0.2) is 27.7 Å². The number of hydrogen-bond donors (Lipinski definition) is 1. The minimum Gasteiger partial charge on any atom is -0.417 e. The largest absolute Gasteiger partial charge is 0.417 e. The normalized spacial score (nSPS) is 11.5. The number of nitrogens with zero attached hydrogens (tertiary/aromatic N) is 3. The maximum atomic E-state index is 12.1. The van der Waals surface area contributed by atoms with E-state index >= 15 is 0 Å². The van der Waals surface area contributed by atoms with Gasteiger partial charge in [0, 0.05) is 11.5 Å². The van der Waals surface area contributed by atoms with Gasteiger partial charge in [-0.15, -0.1) is 10.2 Å². The van der Waals surface area contributed by atoms with Gasteiger partial charge < -0.3 is 4.74 Å². The van der Waals surface area contributed by atoms with Gasteiger partial charge >= 0.3 is 6.61 Å². The Balaban J connectivity index is 2.10. The molecule has 0 bridgehead atoms. The van der Waals surface area contributed by atoms with E-state index < -0.39 is 12.5 Å². The third kappa shape index (κ3) is 4.17. The van der Waals surface area contributed by atoms with Crippen molar-refractivity contribution in [3.63, 3.8) is 0 Å². The Hall–Kier alpha value is -2.16. The Morgan fingerprint density at radius 3 is 2.64 bits per heavy atom. The van der Waals surface area contributed by atoms with Crippen LogP contribution in [0.15, 0.2) is 18.2 Å². The third-order valence-electron chi connectivity index (χ3n) is 2.45. The van der Waals surface area contributed by atoms with Gasteiger partial charge in [0.1, 0.15) is 10.7 Å². The fourth-order valence-corrected chi connectivity index (χ4v) is 2.23. The highest BCUT2D eigenvalue weighted by Gasteiger charge is 2.20. The van der Waals surface area contributed by atoms with Crippen LogP contribution in [0, 0.1) is 0 Å². The molecule has 22 heavy (non-hydrogen) atoms. The van der Waals surface area contributed by atoms with E-state index in [4.69, 9.17) is 0 Å². The van der Waals surface area contributed by atoms with E-state index in [9.17, 15) is 13.6 Å². The molecule has 1 N–H and O–H groups in total. The summed E-state index contributed by atoms with van der Waals surface area (Å²) in [6.07, 6.45) is 0. The predicted molar refractivity (Wildman–Crippen MR) is 77.4 cm³/mol. The van der Waals surface area contributed by atoms with E-state index in [1.807, 2.05) is 20.8 Å². The van der Waals surface area contributed by atoms with E-state index in [2.05, 4.69) is 25.2 Å². The Kier molecular flexibility index (Phi) is 4.65. The van der Waals surface area contributed by atoms with Crippen molar-refractivity contribution in [1.82, 2.24) is 15.2 Å². The molecule has 0 aliphatic rings. The molecule has 2 heterocycles. The highest BCUT2D eigenvalue weighted by molar-refractivity contribution is 7.15. The van der Waals surface area contributed by atoms with Crippen LogP contribution in [0.2, 0.25) is 0 Å². The van der Waals surface area contributed by atoms with Crippen LogP contribution in [0.1, 0.15) is 36.3 Å². The number of carbonyl (C=O) groups excluding carboxylic acids is 1. The SMILES string of the molecule is CC(C)(C)c1nnc(NC(=O)c2cccc(OC(F)F)n2)s1. The second-order valence-electron chi connectivity index (χ2n) is 5.36. The van der Waals surface area contributed by atoms with E-state index in [1.54, 1.807) is 0 Å². The first kappa shape index (κ1) is 16.2. The smallest absolute Gasteiger partial charge is 0.388 e. The zero-order valence-corrected chi connectivity index (χ0v) is 12.9. The van der Waals surface area contributed by atoms with Crippen molar-refractivity contribution in [2.24, 2.45) is 0 Å². The number of aromatic nitrogens is 3. The monoisotopic (exact) mass is 328 g/mol. The number of anilines is 1. The maximum Gasteiger partial charge on any atom is 0.388 e. The van der Waals surface area contributed by atoms with Crippen molar-refractivity contribution in [3.8, 4) is 5.88 Å². The lowest BCUT2D eigenvalue weighted by atomic mass is 9.98. The maximum absolute atomic E-state index is 12.1. The molecule has 0 spiro atoms. The molecule has 0 aromatic carbocycles. The van der Waals surface area contributed by atoms with E-state index in [0.717, 1.165) is 5.01 Å². The molecule has 118 valence electrons. The molecule has 2 aromatic rings. The molecule has 0 fully saturated rings. The fraction of sp³-hybridized carbons (Fsp3) is 0.385. The van der Waals surface area contributed by atoms with Gasteiger partial charge in [0.2, 0.25) is 11.0 Å². The molecule has 1 amide bonds. The third-order valence-corrected chi connectivity index (χ3v) is 3.72. The van der Waals surface area contributed by atoms with E-state index in [-0.39, 0.29) is 17.0 Å². The lowest BCUT2D eigenvalue weighted by Crippen LogP contribution is -2.14. The quantitative estimate of drug-likeness (QED) is 0.933. The van der Waals surface area contributed by atoms with Gasteiger partial charge in [-0.3, -0.25) is 10.1 Å². The number of rotatable bonds is 4. The number of ether oxygens (including phenoxy) is 1. The molecule has 0 saturated carbocycles. The average Bonchev–Trinajstić information content (AvgIpc) is 2.86. The van der Waals surface area contributed by atoms with E-state index in [0.29, 0.717) is 5.13 Å². The van der Waals surface area contributed by atoms with Crippen molar-refractivity contribution in [2.45, 2.75) is 32.8 Å². The Morgan fingerprint density at radius 1 is 1.32 bits per heavy atom. The summed E-state index contributed by atoms with van der Waals surface area (Å²) in [6, 6.07) is 4.03. The lowest BCUT2D eigenvalue weighted by Gasteiger charge is -2.12. The number of alkyl halides is 2. The van der Waals surface area contributed by atoms with Crippen LogP contribution in [0.5, 0.6) is 5.88 Å². The summed E-state index contributed by atoms with van der Waals surface area (Å²) >= 11 is 1.24. The standard InChI is InChI=1S/C13H14F2N4O2S/c1-13(2,3)10-18-19-12(22-10)17-9(20)7-5-4-6-8(16-7)21-11(14)15/h4-6,11H,1-3H3,(H,17,19,20). The Bertz CT molecular complexity index is 670. The van der Waals surface area contributed by atoms with Crippen LogP contribution in [0.4, 0.5) is 13.9 Å². The topological polar surface area (TPSA) is 77.0 Å². The van der Waals surface area contributed by atoms with E-state index in [1.165, 1.54) is 29.5 Å². The van der Waals surface area contributed by atoms with Gasteiger partial charge in [0.05, 0.1) is 0 Å².